The SMILES string of the molecule is CO[C@@H](C)c1ncc(N2CCN3CCOC[C@@H]3C2)cc1-c1c2c3cc(ccc3n1CC(F)(F)F)-c1cccc(c1)C[C@H](NC(=O)[C@H](C1CCCC1)N1CC[C@]3(CCN(C(=O)[C@@H]4N[C@@H]4C4CC4)C3)C1)C(=O)N1CCC[C@H](N1)C(=O)OCC(C)(C)C2. The van der Waals surface area contributed by atoms with E-state index in [1.165, 1.54) is 22.4 Å². The molecule has 3 amide bonds. The monoisotopic (exact) mass is 1160 g/mol. The molecule has 0 unspecified atom stereocenters. The molecule has 17 nitrogen and oxygen atoms in total. The number of hydrazine groups is 1. The van der Waals surface area contributed by atoms with Crippen molar-refractivity contribution in [3.05, 3.63) is 71.5 Å². The van der Waals surface area contributed by atoms with Crippen LogP contribution in [0.3, 0.4) is 0 Å². The number of morpholine rings is 1. The summed E-state index contributed by atoms with van der Waals surface area (Å²) in [4.78, 5) is 72.6. The van der Waals surface area contributed by atoms with Gasteiger partial charge < -0.3 is 33.9 Å². The minimum Gasteiger partial charge on any atom is -0.464 e. The van der Waals surface area contributed by atoms with Crippen LogP contribution in [0.4, 0.5) is 18.9 Å². The van der Waals surface area contributed by atoms with E-state index in [0.717, 1.165) is 87.1 Å². The van der Waals surface area contributed by atoms with E-state index < -0.39 is 48.3 Å². The van der Waals surface area contributed by atoms with Crippen LogP contribution in [0.2, 0.25) is 0 Å². The number of cyclic esters (lactones) is 1. The average molecular weight is 1160 g/mol. The highest BCUT2D eigenvalue weighted by Gasteiger charge is 2.55. The van der Waals surface area contributed by atoms with Crippen molar-refractivity contribution < 1.29 is 46.6 Å². The minimum absolute atomic E-state index is 0.0639. The number of nitrogens with one attached hydrogen (secondary N) is 3. The van der Waals surface area contributed by atoms with Crippen molar-refractivity contribution in [1.82, 2.24) is 45.3 Å². The van der Waals surface area contributed by atoms with Gasteiger partial charge in [-0.2, -0.15) is 13.2 Å². The maximum Gasteiger partial charge on any atom is 0.406 e. The Morgan fingerprint density at radius 2 is 1.74 bits per heavy atom. The molecule has 2 aromatic heterocycles. The van der Waals surface area contributed by atoms with E-state index in [1.807, 2.05) is 63.2 Å². The number of rotatable bonds is 11. The lowest BCUT2D eigenvalue weighted by molar-refractivity contribution is -0.155. The number of fused-ring (bicyclic) bond motifs is 7. The molecule has 3 N–H and O–H groups in total. The van der Waals surface area contributed by atoms with Crippen molar-refractivity contribution in [2.45, 2.75) is 153 Å². The molecular formula is C64H83F3N10O7. The maximum atomic E-state index is 15.3. The van der Waals surface area contributed by atoms with Gasteiger partial charge in [-0.05, 0) is 124 Å². The van der Waals surface area contributed by atoms with E-state index in [4.69, 9.17) is 19.2 Å². The Bertz CT molecular complexity index is 3160. The number of anilines is 1. The zero-order chi connectivity index (χ0) is 58.2. The molecule has 7 aliphatic heterocycles. The molecule has 6 bridgehead atoms. The number of pyridine rings is 1. The number of benzene rings is 2. The van der Waals surface area contributed by atoms with Gasteiger partial charge in [-0.3, -0.25) is 44.3 Å². The summed E-state index contributed by atoms with van der Waals surface area (Å²) in [5.41, 5.74) is 7.92. The van der Waals surface area contributed by atoms with Crippen molar-refractivity contribution >= 4 is 40.3 Å². The summed E-state index contributed by atoms with van der Waals surface area (Å²) < 4.78 is 65.3. The number of amides is 3. The van der Waals surface area contributed by atoms with Crippen LogP contribution < -0.4 is 21.0 Å². The Kier molecular flexibility index (Phi) is 15.7. The molecule has 2 aromatic carbocycles. The second kappa shape index (κ2) is 22.9. The molecule has 6 saturated heterocycles. The largest absolute Gasteiger partial charge is 0.464 e. The van der Waals surface area contributed by atoms with E-state index in [9.17, 15) is 9.59 Å². The van der Waals surface area contributed by atoms with Crippen LogP contribution in [-0.2, 0) is 52.8 Å². The van der Waals surface area contributed by atoms with Crippen LogP contribution in [0.25, 0.3) is 33.3 Å². The number of methoxy groups -OCH3 is 1. The quantitative estimate of drug-likeness (QED) is 0.103. The lowest BCUT2D eigenvalue weighted by Gasteiger charge is -2.44. The normalized spacial score (nSPS) is 28.8. The Balaban J connectivity index is 0.857. The van der Waals surface area contributed by atoms with E-state index >= 15 is 22.8 Å². The number of hydrogen-bond acceptors (Lipinski definition) is 13. The fraction of sp³-hybridized carbons (Fsp3) is 0.641. The number of aromatic nitrogens is 2. The molecule has 8 fully saturated rings. The molecular weight excluding hydrogens is 1080 g/mol. The molecule has 9 aliphatic rings. The van der Waals surface area contributed by atoms with Crippen molar-refractivity contribution in [3.8, 4) is 22.4 Å². The standard InChI is InChI=1S/C64H83F3N10O7/c1-39(82-4)53-48(30-45(32-68-53)73-24-23-72-25-26-83-34-46(72)33-73)57-49-31-62(2,3)38-84-61(81)50-13-8-20-77(71-50)59(79)51(28-40-9-7-12-43(27-40)44-16-17-52(47(49)29-44)76(57)37-64(65,66)67)69-58(78)56(42-10-5-6-11-42)74-21-18-63(35-74)19-22-75(36-63)60(80)55-54(70-55)41-14-15-41/h7,9,12,16-17,27,29-30,32,39,41-42,46,50-51,54-56,70-71H,5-6,8,10-11,13-15,18-26,28,31,33-38H2,1-4H3,(H,69,78)/t39-,46-,50-,51-,54+,55+,56-,63-/m0/s1. The number of piperazine rings is 1. The fourth-order valence-corrected chi connectivity index (χ4v) is 15.5. The highest BCUT2D eigenvalue weighted by molar-refractivity contribution is 5.96. The molecule has 4 aromatic rings. The van der Waals surface area contributed by atoms with Crippen LogP contribution in [0, 0.1) is 22.7 Å². The summed E-state index contributed by atoms with van der Waals surface area (Å²) in [7, 11) is 1.57. The topological polar surface area (TPSA) is 176 Å². The lowest BCUT2D eigenvalue weighted by Crippen LogP contribution is -2.62. The molecule has 13 rings (SSSR count). The first kappa shape index (κ1) is 57.4. The minimum atomic E-state index is -4.61. The third kappa shape index (κ3) is 11.7. The van der Waals surface area contributed by atoms with E-state index in [2.05, 4.69) is 35.7 Å². The highest BCUT2D eigenvalue weighted by Crippen LogP contribution is 2.47. The summed E-state index contributed by atoms with van der Waals surface area (Å²) >= 11 is 0. The Hall–Kier alpha value is -5.64. The van der Waals surface area contributed by atoms with Gasteiger partial charge in [0.25, 0.3) is 5.91 Å². The Morgan fingerprint density at radius 1 is 0.929 bits per heavy atom. The van der Waals surface area contributed by atoms with E-state index in [0.29, 0.717) is 104 Å². The molecule has 0 radical (unpaired) electrons. The first-order valence-electron chi connectivity index (χ1n) is 31.1. The summed E-state index contributed by atoms with van der Waals surface area (Å²) in [5.74, 6) is -0.125. The summed E-state index contributed by atoms with van der Waals surface area (Å²) in [6.07, 6.45) is 5.98. The van der Waals surface area contributed by atoms with Crippen LogP contribution in [0.5, 0.6) is 0 Å². The van der Waals surface area contributed by atoms with Gasteiger partial charge in [0.15, 0.2) is 0 Å². The van der Waals surface area contributed by atoms with Crippen molar-refractivity contribution in [2.75, 3.05) is 90.7 Å². The number of hydrogen-bond donors (Lipinski definition) is 3. The highest BCUT2D eigenvalue weighted by atomic mass is 19.4. The van der Waals surface area contributed by atoms with Crippen LogP contribution >= 0.6 is 0 Å². The lowest BCUT2D eigenvalue weighted by atomic mass is 9.84. The molecule has 84 heavy (non-hydrogen) atoms. The second-order valence-electron chi connectivity index (χ2n) is 26.9. The van der Waals surface area contributed by atoms with E-state index in [-0.39, 0.29) is 60.6 Å². The molecule has 2 aliphatic carbocycles. The number of carbonyl (C=O) groups is 4. The van der Waals surface area contributed by atoms with Crippen LogP contribution in [0.15, 0.2) is 54.7 Å². The molecule has 1 spiro atoms. The van der Waals surface area contributed by atoms with Crippen molar-refractivity contribution in [3.63, 3.8) is 0 Å². The first-order valence-corrected chi connectivity index (χ1v) is 31.1. The first-order chi connectivity index (χ1) is 40.4. The molecule has 9 heterocycles. The maximum absolute atomic E-state index is 15.3. The zero-order valence-electron chi connectivity index (χ0n) is 49.2. The number of nitrogens with zero attached hydrogens (tertiary/aromatic N) is 7. The molecule has 2 saturated carbocycles. The number of carbonyl (C=O) groups excluding carboxylic acids is 4. The number of ether oxygens (including phenoxy) is 3. The predicted molar refractivity (Wildman–Crippen MR) is 311 cm³/mol. The molecule has 452 valence electrons. The molecule has 8 atom stereocenters. The van der Waals surface area contributed by atoms with Gasteiger partial charge in [-0.25, -0.2) is 5.43 Å². The van der Waals surface area contributed by atoms with Crippen molar-refractivity contribution in [2.24, 2.45) is 22.7 Å². The Morgan fingerprint density at radius 3 is 2.54 bits per heavy atom. The van der Waals surface area contributed by atoms with Gasteiger partial charge in [-0.15, -0.1) is 0 Å². The van der Waals surface area contributed by atoms with Gasteiger partial charge in [0.2, 0.25) is 11.8 Å². The number of halogens is 3. The fourth-order valence-electron chi connectivity index (χ4n) is 15.5. The van der Waals surface area contributed by atoms with Crippen LogP contribution in [0.1, 0.15) is 108 Å². The molecule has 20 heteroatoms. The predicted octanol–water partition coefficient (Wildman–Crippen LogP) is 7.04. The van der Waals surface area contributed by atoms with Gasteiger partial charge in [0, 0.05) is 99.2 Å². The number of esters is 1. The van der Waals surface area contributed by atoms with E-state index in [1.54, 1.807) is 19.4 Å². The Labute approximate surface area is 490 Å². The van der Waals surface area contributed by atoms with Gasteiger partial charge in [0.05, 0.1) is 61.3 Å². The summed E-state index contributed by atoms with van der Waals surface area (Å²) in [6.45, 7) is 12.0. The number of alkyl halides is 3. The van der Waals surface area contributed by atoms with Gasteiger partial charge in [-0.1, -0.05) is 57.0 Å². The van der Waals surface area contributed by atoms with Gasteiger partial charge >= 0.3 is 12.1 Å². The second-order valence-corrected chi connectivity index (χ2v) is 26.9. The van der Waals surface area contributed by atoms with Gasteiger partial charge in [0.1, 0.15) is 24.7 Å². The smallest absolute Gasteiger partial charge is 0.406 e. The summed E-state index contributed by atoms with van der Waals surface area (Å²) in [6, 6.07) is 13.5. The van der Waals surface area contributed by atoms with Crippen LogP contribution in [-0.4, -0.2) is 181 Å². The van der Waals surface area contributed by atoms with Crippen molar-refractivity contribution in [1.29, 1.82) is 0 Å². The zero-order valence-corrected chi connectivity index (χ0v) is 49.2. The average Bonchev–Trinajstić information content (AvgIpc) is 1.94. The third-order valence-corrected chi connectivity index (χ3v) is 20.3. The summed E-state index contributed by atoms with van der Waals surface area (Å²) in [5, 5.41) is 8.88. The third-order valence-electron chi connectivity index (χ3n) is 20.3. The number of likely N-dealkylation sites (tertiary alicyclic amines) is 2.